The zero-order valence-corrected chi connectivity index (χ0v) is 10.1. The minimum absolute atomic E-state index is 0.148. The molecule has 0 spiro atoms. The van der Waals surface area contributed by atoms with Crippen LogP contribution in [-0.4, -0.2) is 5.91 Å². The van der Waals surface area contributed by atoms with Gasteiger partial charge in [-0.15, -0.1) is 0 Å². The van der Waals surface area contributed by atoms with Gasteiger partial charge in [-0.05, 0) is 43.3 Å². The molecule has 1 aromatic carbocycles. The third-order valence-corrected chi connectivity index (χ3v) is 2.68. The summed E-state index contributed by atoms with van der Waals surface area (Å²) in [6.45, 7) is 1.87. The monoisotopic (exact) mass is 249 g/mol. The van der Waals surface area contributed by atoms with Gasteiger partial charge in [-0.1, -0.05) is 11.6 Å². The Hall–Kier alpha value is -1.74. The second kappa shape index (κ2) is 5.06. The number of hydrogen-bond donors (Lipinski definition) is 1. The number of furan rings is 1. The molecule has 1 amide bonds. The molecule has 0 radical (unpaired) electrons. The Morgan fingerprint density at radius 2 is 2.00 bits per heavy atom. The molecule has 0 unspecified atom stereocenters. The summed E-state index contributed by atoms with van der Waals surface area (Å²) >= 11 is 5.76. The van der Waals surface area contributed by atoms with E-state index < -0.39 is 0 Å². The summed E-state index contributed by atoms with van der Waals surface area (Å²) in [6, 6.07) is 10.2. The Labute approximate surface area is 104 Å². The fourth-order valence-electron chi connectivity index (χ4n) is 1.49. The molecule has 1 heterocycles. The molecule has 0 aliphatic carbocycles. The summed E-state index contributed by atoms with van der Waals surface area (Å²) in [5, 5.41) is 3.45. The normalized spacial score (nSPS) is 12.1. The van der Waals surface area contributed by atoms with Crippen LogP contribution in [0.15, 0.2) is 47.1 Å². The number of nitrogens with one attached hydrogen (secondary N) is 1. The maximum atomic E-state index is 11.9. The molecule has 2 rings (SSSR count). The molecule has 1 N–H and O–H groups in total. The SMILES string of the molecule is C[C@@H](NC(=O)c1ccc(Cl)cc1)c1ccco1. The first-order valence-corrected chi connectivity index (χ1v) is 5.64. The molecule has 4 heteroatoms. The predicted octanol–water partition coefficient (Wildman–Crippen LogP) is 3.42. The average Bonchev–Trinajstić information content (AvgIpc) is 2.83. The molecule has 17 heavy (non-hydrogen) atoms. The summed E-state index contributed by atoms with van der Waals surface area (Å²) in [6.07, 6.45) is 1.58. The van der Waals surface area contributed by atoms with Crippen LogP contribution >= 0.6 is 11.6 Å². The molecular formula is C13H12ClNO2. The molecule has 0 saturated heterocycles. The summed E-state index contributed by atoms with van der Waals surface area (Å²) in [4.78, 5) is 11.9. The highest BCUT2D eigenvalue weighted by Gasteiger charge is 2.12. The Morgan fingerprint density at radius 3 is 2.59 bits per heavy atom. The Bertz CT molecular complexity index is 491. The van der Waals surface area contributed by atoms with Crippen molar-refractivity contribution in [1.29, 1.82) is 0 Å². The lowest BCUT2D eigenvalue weighted by Crippen LogP contribution is -2.26. The molecule has 1 aromatic heterocycles. The second-order valence-corrected chi connectivity index (χ2v) is 4.15. The molecule has 88 valence electrons. The van der Waals surface area contributed by atoms with Gasteiger partial charge in [-0.2, -0.15) is 0 Å². The van der Waals surface area contributed by atoms with Crippen LogP contribution in [0.3, 0.4) is 0 Å². The summed E-state index contributed by atoms with van der Waals surface area (Å²) < 4.78 is 5.22. The first-order valence-electron chi connectivity index (χ1n) is 5.26. The zero-order chi connectivity index (χ0) is 12.3. The maximum Gasteiger partial charge on any atom is 0.251 e. The number of carbonyl (C=O) groups excluding carboxylic acids is 1. The van der Waals surface area contributed by atoms with Crippen molar-refractivity contribution in [3.05, 3.63) is 59.0 Å². The van der Waals surface area contributed by atoms with Crippen molar-refractivity contribution >= 4 is 17.5 Å². The summed E-state index contributed by atoms with van der Waals surface area (Å²) in [7, 11) is 0. The third-order valence-electron chi connectivity index (χ3n) is 2.42. The molecule has 2 aromatic rings. The van der Waals surface area contributed by atoms with Gasteiger partial charge in [0.2, 0.25) is 0 Å². The molecule has 1 atom stereocenters. The van der Waals surface area contributed by atoms with Gasteiger partial charge in [0.15, 0.2) is 0 Å². The summed E-state index contributed by atoms with van der Waals surface area (Å²) in [5.74, 6) is 0.581. The number of amides is 1. The van der Waals surface area contributed by atoms with Crippen molar-refractivity contribution in [3.8, 4) is 0 Å². The molecule has 0 fully saturated rings. The van der Waals surface area contributed by atoms with Crippen LogP contribution in [-0.2, 0) is 0 Å². The molecule has 0 aliphatic heterocycles. The van der Waals surface area contributed by atoms with Crippen LogP contribution in [0.2, 0.25) is 5.02 Å². The quantitative estimate of drug-likeness (QED) is 0.906. The number of hydrogen-bond acceptors (Lipinski definition) is 2. The van der Waals surface area contributed by atoms with Gasteiger partial charge < -0.3 is 9.73 Å². The van der Waals surface area contributed by atoms with Crippen LogP contribution in [0, 0.1) is 0 Å². The maximum absolute atomic E-state index is 11.9. The van der Waals surface area contributed by atoms with Crippen molar-refractivity contribution in [2.45, 2.75) is 13.0 Å². The van der Waals surface area contributed by atoms with E-state index in [2.05, 4.69) is 5.32 Å². The van der Waals surface area contributed by atoms with Crippen LogP contribution in [0.1, 0.15) is 29.1 Å². The lowest BCUT2D eigenvalue weighted by atomic mass is 10.2. The van der Waals surface area contributed by atoms with Gasteiger partial charge in [-0.25, -0.2) is 0 Å². The van der Waals surface area contributed by atoms with E-state index in [4.69, 9.17) is 16.0 Å². The molecule has 3 nitrogen and oxygen atoms in total. The van der Waals surface area contributed by atoms with Gasteiger partial charge in [0.1, 0.15) is 5.76 Å². The lowest BCUT2D eigenvalue weighted by Gasteiger charge is -2.11. The summed E-state index contributed by atoms with van der Waals surface area (Å²) in [5.41, 5.74) is 0.577. The van der Waals surface area contributed by atoms with Crippen molar-refractivity contribution < 1.29 is 9.21 Å². The Balaban J connectivity index is 2.04. The first-order chi connectivity index (χ1) is 8.16. The zero-order valence-electron chi connectivity index (χ0n) is 9.31. The van der Waals surface area contributed by atoms with Crippen molar-refractivity contribution in [3.63, 3.8) is 0 Å². The van der Waals surface area contributed by atoms with Crippen molar-refractivity contribution in [2.75, 3.05) is 0 Å². The van der Waals surface area contributed by atoms with Gasteiger partial charge >= 0.3 is 0 Å². The van der Waals surface area contributed by atoms with Crippen molar-refractivity contribution in [1.82, 2.24) is 5.32 Å². The van der Waals surface area contributed by atoms with Gasteiger partial charge in [0.25, 0.3) is 5.91 Å². The minimum Gasteiger partial charge on any atom is -0.467 e. The topological polar surface area (TPSA) is 42.2 Å². The smallest absolute Gasteiger partial charge is 0.251 e. The molecule has 0 bridgehead atoms. The highest BCUT2D eigenvalue weighted by atomic mass is 35.5. The minimum atomic E-state index is -0.159. The standard InChI is InChI=1S/C13H12ClNO2/c1-9(12-3-2-8-17-12)15-13(16)10-4-6-11(14)7-5-10/h2-9H,1H3,(H,15,16)/t9-/m1/s1. The first kappa shape index (κ1) is 11.7. The van der Waals surface area contributed by atoms with E-state index in [1.807, 2.05) is 13.0 Å². The van der Waals surface area contributed by atoms with Crippen LogP contribution < -0.4 is 5.32 Å². The number of carbonyl (C=O) groups is 1. The van der Waals surface area contributed by atoms with E-state index in [9.17, 15) is 4.79 Å². The van der Waals surface area contributed by atoms with E-state index >= 15 is 0 Å². The van der Waals surface area contributed by atoms with E-state index in [-0.39, 0.29) is 11.9 Å². The Kier molecular flexibility index (Phi) is 3.49. The van der Waals surface area contributed by atoms with Gasteiger partial charge in [0, 0.05) is 10.6 Å². The van der Waals surface area contributed by atoms with Gasteiger partial charge in [-0.3, -0.25) is 4.79 Å². The number of halogens is 1. The highest BCUT2D eigenvalue weighted by Crippen LogP contribution is 2.14. The average molecular weight is 250 g/mol. The molecule has 0 aliphatic rings. The largest absolute Gasteiger partial charge is 0.467 e. The molecule has 0 saturated carbocycles. The van der Waals surface area contributed by atoms with Gasteiger partial charge in [0.05, 0.1) is 12.3 Å². The fourth-order valence-corrected chi connectivity index (χ4v) is 1.62. The van der Waals surface area contributed by atoms with E-state index in [1.165, 1.54) is 0 Å². The Morgan fingerprint density at radius 1 is 1.29 bits per heavy atom. The number of benzene rings is 1. The third kappa shape index (κ3) is 2.88. The van der Waals surface area contributed by atoms with Crippen LogP contribution in [0.25, 0.3) is 0 Å². The van der Waals surface area contributed by atoms with Crippen LogP contribution in [0.5, 0.6) is 0 Å². The predicted molar refractivity (Wildman–Crippen MR) is 66.0 cm³/mol. The highest BCUT2D eigenvalue weighted by molar-refractivity contribution is 6.30. The van der Waals surface area contributed by atoms with Crippen LogP contribution in [0.4, 0.5) is 0 Å². The van der Waals surface area contributed by atoms with Crippen molar-refractivity contribution in [2.24, 2.45) is 0 Å². The number of rotatable bonds is 3. The van der Waals surface area contributed by atoms with E-state index in [1.54, 1.807) is 36.6 Å². The second-order valence-electron chi connectivity index (χ2n) is 3.72. The lowest BCUT2D eigenvalue weighted by molar-refractivity contribution is 0.0935. The van der Waals surface area contributed by atoms with E-state index in [0.29, 0.717) is 10.6 Å². The fraction of sp³-hybridized carbons (Fsp3) is 0.154. The molecular weight excluding hydrogens is 238 g/mol. The van der Waals surface area contributed by atoms with E-state index in [0.717, 1.165) is 5.76 Å².